The number of hydrogen-bond donors (Lipinski definition) is 1. The molecule has 1 unspecified atom stereocenters. The van der Waals surface area contributed by atoms with Crippen molar-refractivity contribution < 1.29 is 0 Å². The Balaban J connectivity index is 3.05. The highest BCUT2D eigenvalue weighted by molar-refractivity contribution is 6.37. The number of aromatic nitrogens is 1. The van der Waals surface area contributed by atoms with Crippen LogP contribution in [0.25, 0.3) is 0 Å². The SMILES string of the molecule is CCN(c1nc(N)c(Cl)cc1Cl)C(C)CN(C)C. The summed E-state index contributed by atoms with van der Waals surface area (Å²) < 4.78 is 0. The lowest BCUT2D eigenvalue weighted by Gasteiger charge is -2.31. The molecule has 0 spiro atoms. The average molecular weight is 291 g/mol. The smallest absolute Gasteiger partial charge is 0.150 e. The van der Waals surface area contributed by atoms with E-state index >= 15 is 0 Å². The standard InChI is InChI=1S/C12H20Cl2N4/c1-5-18(8(2)7-17(3)4)12-10(14)6-9(13)11(15)16-12/h6,8H,5,7H2,1-4H3,(H2,15,16). The fourth-order valence-electron chi connectivity index (χ4n) is 1.97. The third kappa shape index (κ3) is 3.64. The summed E-state index contributed by atoms with van der Waals surface area (Å²) in [5, 5.41) is 0.918. The Morgan fingerprint density at radius 2 is 1.94 bits per heavy atom. The van der Waals surface area contributed by atoms with Gasteiger partial charge < -0.3 is 15.5 Å². The molecule has 0 saturated heterocycles. The normalized spacial score (nSPS) is 12.8. The largest absolute Gasteiger partial charge is 0.382 e. The maximum Gasteiger partial charge on any atom is 0.150 e. The fraction of sp³-hybridized carbons (Fsp3) is 0.583. The minimum atomic E-state index is 0.288. The fourth-order valence-corrected chi connectivity index (χ4v) is 2.44. The predicted octanol–water partition coefficient (Wildman–Crippen LogP) is 2.75. The monoisotopic (exact) mass is 290 g/mol. The van der Waals surface area contributed by atoms with Crippen molar-refractivity contribution in [3.05, 3.63) is 16.1 Å². The lowest BCUT2D eigenvalue weighted by molar-refractivity contribution is 0.372. The van der Waals surface area contributed by atoms with Crippen molar-refractivity contribution in [2.75, 3.05) is 37.8 Å². The second-order valence-electron chi connectivity index (χ2n) is 4.56. The molecule has 6 heteroatoms. The van der Waals surface area contributed by atoms with E-state index in [1.807, 2.05) is 14.1 Å². The number of hydrogen-bond acceptors (Lipinski definition) is 4. The second kappa shape index (κ2) is 6.45. The lowest BCUT2D eigenvalue weighted by atomic mass is 10.2. The summed E-state index contributed by atoms with van der Waals surface area (Å²) in [6, 6.07) is 1.93. The first kappa shape index (κ1) is 15.3. The maximum absolute atomic E-state index is 6.20. The zero-order valence-electron chi connectivity index (χ0n) is 11.2. The van der Waals surface area contributed by atoms with Gasteiger partial charge in [0.05, 0.1) is 10.0 Å². The van der Waals surface area contributed by atoms with Crippen LogP contribution < -0.4 is 10.6 Å². The Bertz CT molecular complexity index is 409. The van der Waals surface area contributed by atoms with Crippen LogP contribution in [-0.4, -0.2) is 43.1 Å². The van der Waals surface area contributed by atoms with E-state index in [9.17, 15) is 0 Å². The van der Waals surface area contributed by atoms with E-state index in [1.165, 1.54) is 0 Å². The molecule has 2 N–H and O–H groups in total. The van der Waals surface area contributed by atoms with Crippen LogP contribution in [0.1, 0.15) is 13.8 Å². The summed E-state index contributed by atoms with van der Waals surface area (Å²) >= 11 is 12.1. The molecule has 0 saturated carbocycles. The van der Waals surface area contributed by atoms with Crippen LogP contribution >= 0.6 is 23.2 Å². The van der Waals surface area contributed by atoms with Gasteiger partial charge in [-0.05, 0) is 34.0 Å². The summed E-state index contributed by atoms with van der Waals surface area (Å²) in [5.74, 6) is 1.00. The van der Waals surface area contributed by atoms with Gasteiger partial charge in [0.25, 0.3) is 0 Å². The summed E-state index contributed by atoms with van der Waals surface area (Å²) in [5.41, 5.74) is 5.74. The Hall–Kier alpha value is -0.710. The zero-order valence-corrected chi connectivity index (χ0v) is 12.8. The van der Waals surface area contributed by atoms with Crippen molar-refractivity contribution in [3.8, 4) is 0 Å². The van der Waals surface area contributed by atoms with Gasteiger partial charge in [-0.1, -0.05) is 23.2 Å². The van der Waals surface area contributed by atoms with Crippen molar-refractivity contribution >= 4 is 34.8 Å². The first-order valence-electron chi connectivity index (χ1n) is 5.89. The van der Waals surface area contributed by atoms with Crippen molar-refractivity contribution in [2.24, 2.45) is 0 Å². The molecule has 102 valence electrons. The molecule has 1 atom stereocenters. The van der Waals surface area contributed by atoms with E-state index in [4.69, 9.17) is 28.9 Å². The second-order valence-corrected chi connectivity index (χ2v) is 5.37. The predicted molar refractivity (Wildman–Crippen MR) is 79.7 cm³/mol. The molecule has 0 aromatic carbocycles. The van der Waals surface area contributed by atoms with Gasteiger partial charge in [0.2, 0.25) is 0 Å². The highest BCUT2D eigenvalue weighted by Gasteiger charge is 2.19. The van der Waals surface area contributed by atoms with Gasteiger partial charge in [0, 0.05) is 19.1 Å². The average Bonchev–Trinajstić information content (AvgIpc) is 2.25. The van der Waals surface area contributed by atoms with Crippen LogP contribution in [0.5, 0.6) is 0 Å². The van der Waals surface area contributed by atoms with E-state index in [2.05, 4.69) is 28.6 Å². The highest BCUT2D eigenvalue weighted by Crippen LogP contribution is 2.30. The van der Waals surface area contributed by atoms with Gasteiger partial charge in [-0.2, -0.15) is 0 Å². The molecule has 0 amide bonds. The number of anilines is 2. The molecule has 0 aliphatic carbocycles. The van der Waals surface area contributed by atoms with Crippen LogP contribution in [-0.2, 0) is 0 Å². The third-order valence-corrected chi connectivity index (χ3v) is 3.29. The van der Waals surface area contributed by atoms with Gasteiger partial charge in [-0.25, -0.2) is 4.98 Å². The third-order valence-electron chi connectivity index (χ3n) is 2.71. The first-order valence-corrected chi connectivity index (χ1v) is 6.65. The van der Waals surface area contributed by atoms with Crippen molar-refractivity contribution in [1.82, 2.24) is 9.88 Å². The van der Waals surface area contributed by atoms with Crippen LogP contribution in [0.3, 0.4) is 0 Å². The van der Waals surface area contributed by atoms with Crippen LogP contribution in [0.15, 0.2) is 6.07 Å². The molecule has 18 heavy (non-hydrogen) atoms. The summed E-state index contributed by atoms with van der Waals surface area (Å²) in [4.78, 5) is 8.54. The number of likely N-dealkylation sites (N-methyl/N-ethyl adjacent to an activating group) is 2. The van der Waals surface area contributed by atoms with Crippen molar-refractivity contribution in [1.29, 1.82) is 0 Å². The molecule has 0 fully saturated rings. The molecule has 1 rings (SSSR count). The Labute approximate surface area is 119 Å². The van der Waals surface area contributed by atoms with E-state index in [0.29, 0.717) is 21.7 Å². The molecule has 0 aliphatic heterocycles. The topological polar surface area (TPSA) is 45.4 Å². The molecular formula is C12H20Cl2N4. The zero-order chi connectivity index (χ0) is 13.9. The summed E-state index contributed by atoms with van der Waals surface area (Å²) in [6.07, 6.45) is 0. The van der Waals surface area contributed by atoms with Crippen molar-refractivity contribution in [2.45, 2.75) is 19.9 Å². The Kier molecular flexibility index (Phi) is 5.50. The number of pyridine rings is 1. The lowest BCUT2D eigenvalue weighted by Crippen LogP contribution is -2.40. The molecule has 4 nitrogen and oxygen atoms in total. The van der Waals surface area contributed by atoms with E-state index in [1.54, 1.807) is 6.07 Å². The van der Waals surface area contributed by atoms with Gasteiger partial charge in [-0.3, -0.25) is 0 Å². The quantitative estimate of drug-likeness (QED) is 0.906. The van der Waals surface area contributed by atoms with Gasteiger partial charge in [0.15, 0.2) is 0 Å². The van der Waals surface area contributed by atoms with Crippen molar-refractivity contribution in [3.63, 3.8) is 0 Å². The Morgan fingerprint density at radius 3 is 2.44 bits per heavy atom. The first-order chi connectivity index (χ1) is 8.36. The number of rotatable bonds is 5. The minimum Gasteiger partial charge on any atom is -0.382 e. The van der Waals surface area contributed by atoms with Crippen LogP contribution in [0.2, 0.25) is 10.0 Å². The number of halogens is 2. The molecule has 0 aliphatic rings. The molecule has 1 aromatic heterocycles. The van der Waals surface area contributed by atoms with Crippen LogP contribution in [0.4, 0.5) is 11.6 Å². The van der Waals surface area contributed by atoms with E-state index in [0.717, 1.165) is 13.1 Å². The summed E-state index contributed by atoms with van der Waals surface area (Å²) in [6.45, 7) is 5.92. The molecular weight excluding hydrogens is 271 g/mol. The minimum absolute atomic E-state index is 0.288. The summed E-state index contributed by atoms with van der Waals surface area (Å²) in [7, 11) is 4.07. The van der Waals surface area contributed by atoms with E-state index in [-0.39, 0.29) is 6.04 Å². The van der Waals surface area contributed by atoms with Gasteiger partial charge in [-0.15, -0.1) is 0 Å². The number of nitrogens with zero attached hydrogens (tertiary/aromatic N) is 3. The Morgan fingerprint density at radius 1 is 1.33 bits per heavy atom. The van der Waals surface area contributed by atoms with Crippen LogP contribution in [0, 0.1) is 0 Å². The number of nitrogen functional groups attached to an aromatic ring is 1. The molecule has 1 heterocycles. The van der Waals surface area contributed by atoms with Gasteiger partial charge in [0.1, 0.15) is 11.6 Å². The molecule has 1 aromatic rings. The molecule has 0 radical (unpaired) electrons. The van der Waals surface area contributed by atoms with E-state index < -0.39 is 0 Å². The number of nitrogens with two attached hydrogens (primary N) is 1. The molecule has 0 bridgehead atoms. The van der Waals surface area contributed by atoms with Gasteiger partial charge >= 0.3 is 0 Å². The highest BCUT2D eigenvalue weighted by atomic mass is 35.5. The maximum atomic E-state index is 6.20.